The molecule has 0 fully saturated rings. The Morgan fingerprint density at radius 1 is 1.47 bits per heavy atom. The van der Waals surface area contributed by atoms with Crippen molar-refractivity contribution in [2.75, 3.05) is 6.54 Å². The van der Waals surface area contributed by atoms with E-state index in [2.05, 4.69) is 27.8 Å². The molecule has 0 saturated carbocycles. The quantitative estimate of drug-likeness (QED) is 0.773. The molecule has 17 heavy (non-hydrogen) atoms. The van der Waals surface area contributed by atoms with Crippen molar-refractivity contribution in [3.63, 3.8) is 0 Å². The van der Waals surface area contributed by atoms with Crippen LogP contribution in [0.1, 0.15) is 51.9 Å². The molecule has 1 rings (SSSR count). The number of nitrogens with one attached hydrogen (secondary N) is 1. The topological polar surface area (TPSA) is 72.7 Å². The van der Waals surface area contributed by atoms with Crippen LogP contribution in [0.15, 0.2) is 0 Å². The Hall–Kier alpha value is -1.46. The van der Waals surface area contributed by atoms with Crippen molar-refractivity contribution in [2.45, 2.75) is 52.5 Å². The summed E-state index contributed by atoms with van der Waals surface area (Å²) in [5.41, 5.74) is 0. The number of tetrazole rings is 1. The van der Waals surface area contributed by atoms with Crippen LogP contribution in [0.2, 0.25) is 0 Å². The Labute approximate surface area is 102 Å². The lowest BCUT2D eigenvalue weighted by Gasteiger charge is -2.08. The first-order chi connectivity index (χ1) is 8.15. The molecule has 1 aromatic heterocycles. The van der Waals surface area contributed by atoms with Gasteiger partial charge in [0.05, 0.1) is 6.04 Å². The van der Waals surface area contributed by atoms with E-state index in [4.69, 9.17) is 0 Å². The third kappa shape index (κ3) is 4.50. The summed E-state index contributed by atoms with van der Waals surface area (Å²) in [6, 6.07) is 0.246. The smallest absolute Gasteiger partial charge is 0.220 e. The zero-order valence-corrected chi connectivity index (χ0v) is 10.8. The summed E-state index contributed by atoms with van der Waals surface area (Å²) < 4.78 is 1.78. The average molecular weight is 239 g/mol. The summed E-state index contributed by atoms with van der Waals surface area (Å²) >= 11 is 0. The maximum Gasteiger partial charge on any atom is 0.220 e. The molecule has 1 heterocycles. The fraction of sp³-hybridized carbons (Fsp3) is 0.818. The minimum absolute atomic E-state index is 0.107. The van der Waals surface area contributed by atoms with Gasteiger partial charge in [-0.05, 0) is 30.7 Å². The Morgan fingerprint density at radius 3 is 2.88 bits per heavy atom. The van der Waals surface area contributed by atoms with Crippen molar-refractivity contribution in [3.8, 4) is 0 Å². The fourth-order valence-electron chi connectivity index (χ4n) is 1.52. The van der Waals surface area contributed by atoms with Crippen LogP contribution in [0.3, 0.4) is 0 Å². The standard InChI is InChI=1S/C11H21N5O/c1-4-5-6-11(17)12-8-7-10-13-14-15-16(10)9(2)3/h9H,4-8H2,1-3H3,(H,12,17). The van der Waals surface area contributed by atoms with Crippen LogP contribution in [-0.4, -0.2) is 32.7 Å². The Morgan fingerprint density at radius 2 is 2.24 bits per heavy atom. The minimum atomic E-state index is 0.107. The minimum Gasteiger partial charge on any atom is -0.356 e. The van der Waals surface area contributed by atoms with Crippen molar-refractivity contribution in [1.29, 1.82) is 0 Å². The molecular formula is C11H21N5O. The predicted molar refractivity (Wildman–Crippen MR) is 64.4 cm³/mol. The van der Waals surface area contributed by atoms with Gasteiger partial charge in [-0.3, -0.25) is 4.79 Å². The predicted octanol–water partition coefficient (Wildman–Crippen LogP) is 1.10. The van der Waals surface area contributed by atoms with E-state index in [1.54, 1.807) is 4.68 Å². The van der Waals surface area contributed by atoms with E-state index in [-0.39, 0.29) is 11.9 Å². The molecule has 0 bridgehead atoms. The third-order valence-electron chi connectivity index (χ3n) is 2.48. The maximum absolute atomic E-state index is 11.4. The summed E-state index contributed by atoms with van der Waals surface area (Å²) in [6.07, 6.45) is 3.25. The van der Waals surface area contributed by atoms with Crippen LogP contribution in [0.25, 0.3) is 0 Å². The van der Waals surface area contributed by atoms with Crippen LogP contribution >= 0.6 is 0 Å². The SMILES string of the molecule is CCCCC(=O)NCCc1nnnn1C(C)C. The summed E-state index contributed by atoms with van der Waals surface area (Å²) in [6.45, 7) is 6.72. The van der Waals surface area contributed by atoms with Gasteiger partial charge in [0.2, 0.25) is 5.91 Å². The molecule has 1 N–H and O–H groups in total. The van der Waals surface area contributed by atoms with Gasteiger partial charge in [-0.15, -0.1) is 5.10 Å². The first-order valence-corrected chi connectivity index (χ1v) is 6.18. The van der Waals surface area contributed by atoms with Crippen LogP contribution < -0.4 is 5.32 Å². The van der Waals surface area contributed by atoms with Crippen molar-refractivity contribution >= 4 is 5.91 Å². The summed E-state index contributed by atoms with van der Waals surface area (Å²) in [7, 11) is 0. The van der Waals surface area contributed by atoms with Gasteiger partial charge in [0.25, 0.3) is 0 Å². The first-order valence-electron chi connectivity index (χ1n) is 6.18. The zero-order chi connectivity index (χ0) is 12.7. The van der Waals surface area contributed by atoms with Gasteiger partial charge in [0.15, 0.2) is 5.82 Å². The molecule has 0 radical (unpaired) electrons. The Kier molecular flexibility index (Phi) is 5.59. The molecule has 0 aliphatic rings. The molecule has 0 saturated heterocycles. The molecular weight excluding hydrogens is 218 g/mol. The van der Waals surface area contributed by atoms with Crippen molar-refractivity contribution in [3.05, 3.63) is 5.82 Å². The third-order valence-corrected chi connectivity index (χ3v) is 2.48. The highest BCUT2D eigenvalue weighted by Crippen LogP contribution is 2.03. The molecule has 96 valence electrons. The fourth-order valence-corrected chi connectivity index (χ4v) is 1.52. The second-order valence-electron chi connectivity index (χ2n) is 4.34. The number of carbonyl (C=O) groups is 1. The van der Waals surface area contributed by atoms with Gasteiger partial charge in [-0.2, -0.15) is 0 Å². The van der Waals surface area contributed by atoms with Gasteiger partial charge in [0, 0.05) is 19.4 Å². The number of hydrogen-bond donors (Lipinski definition) is 1. The average Bonchev–Trinajstić information content (AvgIpc) is 2.74. The van der Waals surface area contributed by atoms with Gasteiger partial charge in [0.1, 0.15) is 0 Å². The highest BCUT2D eigenvalue weighted by molar-refractivity contribution is 5.75. The second-order valence-corrected chi connectivity index (χ2v) is 4.34. The molecule has 0 aromatic carbocycles. The zero-order valence-electron chi connectivity index (χ0n) is 10.8. The number of unbranched alkanes of at least 4 members (excludes halogenated alkanes) is 1. The van der Waals surface area contributed by atoms with E-state index in [1.165, 1.54) is 0 Å². The summed E-state index contributed by atoms with van der Waals surface area (Å²) in [5, 5.41) is 14.4. The van der Waals surface area contributed by atoms with E-state index in [0.29, 0.717) is 19.4 Å². The van der Waals surface area contributed by atoms with Crippen LogP contribution in [-0.2, 0) is 11.2 Å². The molecule has 1 aromatic rings. The lowest BCUT2D eigenvalue weighted by Crippen LogP contribution is -2.26. The van der Waals surface area contributed by atoms with E-state index < -0.39 is 0 Å². The van der Waals surface area contributed by atoms with Gasteiger partial charge >= 0.3 is 0 Å². The van der Waals surface area contributed by atoms with Crippen LogP contribution in [0.4, 0.5) is 0 Å². The molecule has 6 heteroatoms. The van der Waals surface area contributed by atoms with E-state index in [9.17, 15) is 4.79 Å². The monoisotopic (exact) mass is 239 g/mol. The van der Waals surface area contributed by atoms with E-state index in [1.807, 2.05) is 13.8 Å². The number of hydrogen-bond acceptors (Lipinski definition) is 4. The highest BCUT2D eigenvalue weighted by atomic mass is 16.1. The Balaban J connectivity index is 2.30. The van der Waals surface area contributed by atoms with Crippen LogP contribution in [0, 0.1) is 0 Å². The second kappa shape index (κ2) is 6.98. The number of aromatic nitrogens is 4. The molecule has 0 aliphatic heterocycles. The molecule has 0 aliphatic carbocycles. The van der Waals surface area contributed by atoms with Crippen molar-refractivity contribution in [2.24, 2.45) is 0 Å². The molecule has 0 unspecified atom stereocenters. The summed E-state index contributed by atoms with van der Waals surface area (Å²) in [5.74, 6) is 0.922. The van der Waals surface area contributed by atoms with Crippen molar-refractivity contribution < 1.29 is 4.79 Å². The van der Waals surface area contributed by atoms with E-state index >= 15 is 0 Å². The number of carbonyl (C=O) groups excluding carboxylic acids is 1. The number of amides is 1. The highest BCUT2D eigenvalue weighted by Gasteiger charge is 2.09. The van der Waals surface area contributed by atoms with Crippen molar-refractivity contribution in [1.82, 2.24) is 25.5 Å². The maximum atomic E-state index is 11.4. The molecule has 1 amide bonds. The van der Waals surface area contributed by atoms with Gasteiger partial charge < -0.3 is 5.32 Å². The summed E-state index contributed by atoms with van der Waals surface area (Å²) in [4.78, 5) is 11.4. The number of rotatable bonds is 7. The normalized spacial score (nSPS) is 10.8. The van der Waals surface area contributed by atoms with Crippen LogP contribution in [0.5, 0.6) is 0 Å². The number of nitrogens with zero attached hydrogens (tertiary/aromatic N) is 4. The Bertz CT molecular complexity index is 347. The molecule has 6 nitrogen and oxygen atoms in total. The van der Waals surface area contributed by atoms with Gasteiger partial charge in [-0.1, -0.05) is 13.3 Å². The molecule has 0 atom stereocenters. The first kappa shape index (κ1) is 13.6. The molecule has 0 spiro atoms. The lowest BCUT2D eigenvalue weighted by atomic mass is 10.2. The largest absolute Gasteiger partial charge is 0.356 e. The van der Waals surface area contributed by atoms with E-state index in [0.717, 1.165) is 18.7 Å². The van der Waals surface area contributed by atoms with Gasteiger partial charge in [-0.25, -0.2) is 4.68 Å². The lowest BCUT2D eigenvalue weighted by molar-refractivity contribution is -0.121.